The molecule has 2 aromatic carbocycles. The van der Waals surface area contributed by atoms with E-state index in [0.717, 1.165) is 12.0 Å². The Bertz CT molecular complexity index is 1190. The van der Waals surface area contributed by atoms with E-state index in [-0.39, 0.29) is 16.7 Å². The number of benzene rings is 2. The van der Waals surface area contributed by atoms with Gasteiger partial charge in [0.25, 0.3) is 11.8 Å². The molecule has 0 bridgehead atoms. The van der Waals surface area contributed by atoms with E-state index in [1.807, 2.05) is 6.07 Å². The number of halogens is 2. The molecule has 0 unspecified atom stereocenters. The van der Waals surface area contributed by atoms with Crippen molar-refractivity contribution in [2.45, 2.75) is 26.2 Å². The number of furan rings is 1. The van der Waals surface area contributed by atoms with E-state index in [9.17, 15) is 9.59 Å². The van der Waals surface area contributed by atoms with Crippen LogP contribution in [0.1, 0.15) is 50.6 Å². The third-order valence-corrected chi connectivity index (χ3v) is 5.88. The van der Waals surface area contributed by atoms with Crippen LogP contribution in [0, 0.1) is 6.92 Å². The maximum atomic E-state index is 12.9. The van der Waals surface area contributed by atoms with Gasteiger partial charge in [0, 0.05) is 23.1 Å². The molecule has 158 valence electrons. The molecule has 1 aromatic heterocycles. The standard InChI is InChI=1S/C23H19Cl2N3O3/c1-13-19-16(27-28-22(29)14-7-3-2-4-8-14)10-6-12-18(19)31-21(13)23(30)26-17-11-5-9-15(24)20(17)25/h2-5,7-9,11H,6,10,12H2,1H3,(H,26,30)(H,28,29)/b27-16+. The van der Waals surface area contributed by atoms with Crippen molar-refractivity contribution in [2.75, 3.05) is 5.32 Å². The molecule has 2 amide bonds. The van der Waals surface area contributed by atoms with E-state index in [2.05, 4.69) is 15.8 Å². The second-order valence-corrected chi connectivity index (χ2v) is 7.91. The molecular weight excluding hydrogens is 437 g/mol. The van der Waals surface area contributed by atoms with Crippen LogP contribution in [0.25, 0.3) is 0 Å². The normalized spacial score (nSPS) is 14.2. The summed E-state index contributed by atoms with van der Waals surface area (Å²) >= 11 is 12.2. The predicted molar refractivity (Wildman–Crippen MR) is 121 cm³/mol. The van der Waals surface area contributed by atoms with E-state index in [0.29, 0.717) is 46.2 Å². The lowest BCUT2D eigenvalue weighted by atomic mass is 9.93. The Morgan fingerprint density at radius 1 is 1.00 bits per heavy atom. The predicted octanol–water partition coefficient (Wildman–Crippen LogP) is 5.62. The van der Waals surface area contributed by atoms with Gasteiger partial charge in [0.05, 0.1) is 21.4 Å². The highest BCUT2D eigenvalue weighted by Crippen LogP contribution is 2.32. The fourth-order valence-electron chi connectivity index (χ4n) is 3.55. The van der Waals surface area contributed by atoms with E-state index in [1.54, 1.807) is 49.4 Å². The van der Waals surface area contributed by atoms with Crippen molar-refractivity contribution in [1.29, 1.82) is 0 Å². The van der Waals surface area contributed by atoms with Gasteiger partial charge in [-0.25, -0.2) is 5.43 Å². The van der Waals surface area contributed by atoms with Gasteiger partial charge in [-0.3, -0.25) is 9.59 Å². The lowest BCUT2D eigenvalue weighted by Crippen LogP contribution is -2.22. The zero-order chi connectivity index (χ0) is 22.0. The number of carbonyl (C=O) groups is 2. The number of nitrogens with one attached hydrogen (secondary N) is 2. The smallest absolute Gasteiger partial charge is 0.291 e. The quantitative estimate of drug-likeness (QED) is 0.500. The minimum Gasteiger partial charge on any atom is -0.455 e. The highest BCUT2D eigenvalue weighted by atomic mass is 35.5. The van der Waals surface area contributed by atoms with E-state index >= 15 is 0 Å². The van der Waals surface area contributed by atoms with Crippen LogP contribution in [0.3, 0.4) is 0 Å². The monoisotopic (exact) mass is 455 g/mol. The number of fused-ring (bicyclic) bond motifs is 1. The molecule has 0 radical (unpaired) electrons. The molecule has 6 nitrogen and oxygen atoms in total. The van der Waals surface area contributed by atoms with Crippen molar-refractivity contribution in [2.24, 2.45) is 5.10 Å². The first-order valence-corrected chi connectivity index (χ1v) is 10.5. The van der Waals surface area contributed by atoms with Gasteiger partial charge in [-0.05, 0) is 44.0 Å². The van der Waals surface area contributed by atoms with E-state index < -0.39 is 5.91 Å². The molecule has 3 aromatic rings. The number of amides is 2. The average molecular weight is 456 g/mol. The van der Waals surface area contributed by atoms with Gasteiger partial charge >= 0.3 is 0 Å². The van der Waals surface area contributed by atoms with Gasteiger partial charge < -0.3 is 9.73 Å². The molecule has 1 aliphatic rings. The van der Waals surface area contributed by atoms with Gasteiger partial charge in [-0.15, -0.1) is 0 Å². The summed E-state index contributed by atoms with van der Waals surface area (Å²) in [5, 5.41) is 7.68. The van der Waals surface area contributed by atoms with Crippen LogP contribution in [-0.4, -0.2) is 17.5 Å². The lowest BCUT2D eigenvalue weighted by Gasteiger charge is -2.13. The van der Waals surface area contributed by atoms with Gasteiger partial charge in [0.15, 0.2) is 5.76 Å². The molecule has 1 aliphatic carbocycles. The maximum Gasteiger partial charge on any atom is 0.291 e. The van der Waals surface area contributed by atoms with Crippen molar-refractivity contribution in [1.82, 2.24) is 5.43 Å². The van der Waals surface area contributed by atoms with Crippen molar-refractivity contribution in [3.8, 4) is 0 Å². The second-order valence-electron chi connectivity index (χ2n) is 7.13. The lowest BCUT2D eigenvalue weighted by molar-refractivity contribution is 0.0953. The molecule has 0 spiro atoms. The molecular formula is C23H19Cl2N3O3. The van der Waals surface area contributed by atoms with Gasteiger partial charge in [-0.1, -0.05) is 47.5 Å². The van der Waals surface area contributed by atoms with Crippen molar-refractivity contribution < 1.29 is 14.0 Å². The number of aryl methyl sites for hydroxylation is 1. The number of carbonyl (C=O) groups excluding carboxylic acids is 2. The number of anilines is 1. The molecule has 1 heterocycles. The fraction of sp³-hybridized carbons (Fsp3) is 0.174. The summed E-state index contributed by atoms with van der Waals surface area (Å²) < 4.78 is 5.88. The number of rotatable bonds is 4. The Morgan fingerprint density at radius 2 is 1.77 bits per heavy atom. The Balaban J connectivity index is 1.59. The zero-order valence-electron chi connectivity index (χ0n) is 16.7. The Morgan fingerprint density at radius 3 is 2.55 bits per heavy atom. The largest absolute Gasteiger partial charge is 0.455 e. The summed E-state index contributed by atoms with van der Waals surface area (Å²) in [4.78, 5) is 25.2. The summed E-state index contributed by atoms with van der Waals surface area (Å²) in [7, 11) is 0. The molecule has 0 saturated carbocycles. The number of hydrogen-bond donors (Lipinski definition) is 2. The highest BCUT2D eigenvalue weighted by Gasteiger charge is 2.28. The van der Waals surface area contributed by atoms with Crippen LogP contribution >= 0.6 is 23.2 Å². The van der Waals surface area contributed by atoms with Crippen LogP contribution in [0.2, 0.25) is 10.0 Å². The van der Waals surface area contributed by atoms with Crippen LogP contribution in [-0.2, 0) is 6.42 Å². The van der Waals surface area contributed by atoms with Gasteiger partial charge in [0.2, 0.25) is 0 Å². The Labute approximate surface area is 189 Å². The second kappa shape index (κ2) is 8.96. The van der Waals surface area contributed by atoms with Crippen molar-refractivity contribution >= 4 is 46.4 Å². The minimum absolute atomic E-state index is 0.185. The summed E-state index contributed by atoms with van der Waals surface area (Å²) in [5.74, 6) is 0.141. The molecule has 8 heteroatoms. The summed E-state index contributed by atoms with van der Waals surface area (Å²) in [5.41, 5.74) is 5.64. The molecule has 4 rings (SSSR count). The topological polar surface area (TPSA) is 83.7 Å². The number of hydrazone groups is 1. The zero-order valence-corrected chi connectivity index (χ0v) is 18.2. The molecule has 0 fully saturated rings. The maximum absolute atomic E-state index is 12.9. The SMILES string of the molecule is Cc1c(C(=O)Nc2cccc(Cl)c2Cl)oc2c1/C(=N/NC(=O)c1ccccc1)CCC2. The molecule has 31 heavy (non-hydrogen) atoms. The first kappa shape index (κ1) is 21.2. The first-order chi connectivity index (χ1) is 15.0. The minimum atomic E-state index is -0.427. The van der Waals surface area contributed by atoms with Crippen LogP contribution < -0.4 is 10.7 Å². The summed E-state index contributed by atoms with van der Waals surface area (Å²) in [6.45, 7) is 1.80. The van der Waals surface area contributed by atoms with Gasteiger partial charge in [0.1, 0.15) is 5.76 Å². The number of nitrogens with zero attached hydrogens (tertiary/aromatic N) is 1. The fourth-order valence-corrected chi connectivity index (χ4v) is 3.90. The third kappa shape index (κ3) is 4.36. The molecule has 0 atom stereocenters. The molecule has 2 N–H and O–H groups in total. The van der Waals surface area contributed by atoms with Crippen LogP contribution in [0.4, 0.5) is 5.69 Å². The summed E-state index contributed by atoms with van der Waals surface area (Å²) in [6, 6.07) is 13.9. The molecule has 0 saturated heterocycles. The highest BCUT2D eigenvalue weighted by molar-refractivity contribution is 6.44. The van der Waals surface area contributed by atoms with E-state index in [1.165, 1.54) is 0 Å². The Hall–Kier alpha value is -3.09. The van der Waals surface area contributed by atoms with Gasteiger partial charge in [-0.2, -0.15) is 5.10 Å². The van der Waals surface area contributed by atoms with Crippen LogP contribution in [0.15, 0.2) is 58.0 Å². The summed E-state index contributed by atoms with van der Waals surface area (Å²) in [6.07, 6.45) is 2.16. The van der Waals surface area contributed by atoms with Crippen LogP contribution in [0.5, 0.6) is 0 Å². The Kier molecular flexibility index (Phi) is 6.11. The average Bonchev–Trinajstić information content (AvgIpc) is 3.13. The van der Waals surface area contributed by atoms with Crippen molar-refractivity contribution in [3.63, 3.8) is 0 Å². The van der Waals surface area contributed by atoms with Crippen molar-refractivity contribution in [3.05, 3.63) is 86.8 Å². The number of hydrogen-bond acceptors (Lipinski definition) is 4. The van der Waals surface area contributed by atoms with E-state index in [4.69, 9.17) is 27.6 Å². The molecule has 0 aliphatic heterocycles. The third-order valence-electron chi connectivity index (χ3n) is 5.06. The first-order valence-electron chi connectivity index (χ1n) is 9.75.